The molecule has 5 heteroatoms. The van der Waals surface area contributed by atoms with Gasteiger partial charge in [0.05, 0.1) is 10.6 Å². The van der Waals surface area contributed by atoms with Crippen molar-refractivity contribution >= 4 is 61.5 Å². The third kappa shape index (κ3) is 3.13. The summed E-state index contributed by atoms with van der Waals surface area (Å²) < 4.78 is 1.99. The number of hydrogen-bond donors (Lipinski definition) is 1. The second-order valence-electron chi connectivity index (χ2n) is 3.71. The molecular formula is C13H11BrINOS. The molecule has 0 unspecified atom stereocenters. The van der Waals surface area contributed by atoms with Crippen LogP contribution in [0.3, 0.4) is 0 Å². The largest absolute Gasteiger partial charge is 0.320 e. The molecule has 0 saturated carbocycles. The number of halogens is 2. The molecule has 0 saturated heterocycles. The molecule has 1 aromatic heterocycles. The summed E-state index contributed by atoms with van der Waals surface area (Å²) in [7, 11) is 0. The molecular weight excluding hydrogens is 425 g/mol. The van der Waals surface area contributed by atoms with E-state index in [1.165, 1.54) is 11.3 Å². The zero-order valence-corrected chi connectivity index (χ0v) is 14.2. The number of benzene rings is 1. The van der Waals surface area contributed by atoms with E-state index in [0.29, 0.717) is 0 Å². The summed E-state index contributed by atoms with van der Waals surface area (Å²) in [6.07, 6.45) is 0.875. The minimum atomic E-state index is -0.0375. The van der Waals surface area contributed by atoms with Crippen LogP contribution in [0, 0.1) is 3.57 Å². The van der Waals surface area contributed by atoms with Crippen LogP contribution in [0.5, 0.6) is 0 Å². The maximum Gasteiger partial charge on any atom is 0.266 e. The van der Waals surface area contributed by atoms with Gasteiger partial charge in [-0.3, -0.25) is 4.79 Å². The van der Waals surface area contributed by atoms with Gasteiger partial charge in [0.1, 0.15) is 0 Å². The van der Waals surface area contributed by atoms with Crippen LogP contribution in [0.2, 0.25) is 0 Å². The smallest absolute Gasteiger partial charge is 0.266 e. The Labute approximate surface area is 132 Å². The van der Waals surface area contributed by atoms with Gasteiger partial charge in [-0.2, -0.15) is 0 Å². The van der Waals surface area contributed by atoms with Gasteiger partial charge in [-0.25, -0.2) is 0 Å². The molecule has 0 radical (unpaired) electrons. The maximum absolute atomic E-state index is 12.2. The van der Waals surface area contributed by atoms with E-state index in [9.17, 15) is 4.79 Å². The highest BCUT2D eigenvalue weighted by Gasteiger charge is 2.13. The SMILES string of the molecule is CCc1ccsc1C(=O)Nc1cc(I)ccc1Br. The third-order valence-electron chi connectivity index (χ3n) is 2.51. The standard InChI is InChI=1S/C13H11BrINOS/c1-2-8-5-6-18-12(8)13(17)16-11-7-9(15)3-4-10(11)14/h3-7H,2H2,1H3,(H,16,17). The van der Waals surface area contributed by atoms with Crippen LogP contribution in [0.15, 0.2) is 34.1 Å². The molecule has 1 amide bonds. The number of anilines is 1. The molecule has 2 aromatic rings. The summed E-state index contributed by atoms with van der Waals surface area (Å²) in [6.45, 7) is 2.06. The van der Waals surface area contributed by atoms with Crippen LogP contribution < -0.4 is 5.32 Å². The summed E-state index contributed by atoms with van der Waals surface area (Å²) in [6, 6.07) is 7.88. The van der Waals surface area contributed by atoms with Gasteiger partial charge in [-0.05, 0) is 80.2 Å². The lowest BCUT2D eigenvalue weighted by atomic mass is 10.2. The number of amides is 1. The Kier molecular flexibility index (Phi) is 4.80. The number of nitrogens with one attached hydrogen (secondary N) is 1. The summed E-state index contributed by atoms with van der Waals surface area (Å²) >= 11 is 7.15. The Bertz CT molecular complexity index is 582. The molecule has 18 heavy (non-hydrogen) atoms. The van der Waals surface area contributed by atoms with Gasteiger partial charge in [-0.15, -0.1) is 11.3 Å². The van der Waals surface area contributed by atoms with Crippen molar-refractivity contribution in [1.29, 1.82) is 0 Å². The van der Waals surface area contributed by atoms with Crippen molar-refractivity contribution in [2.24, 2.45) is 0 Å². The number of rotatable bonds is 3. The van der Waals surface area contributed by atoms with Crippen molar-refractivity contribution in [2.75, 3.05) is 5.32 Å². The lowest BCUT2D eigenvalue weighted by Gasteiger charge is -2.08. The molecule has 94 valence electrons. The predicted octanol–water partition coefficient (Wildman–Crippen LogP) is 4.93. The normalized spacial score (nSPS) is 10.4. The molecule has 2 nitrogen and oxygen atoms in total. The van der Waals surface area contributed by atoms with Crippen LogP contribution >= 0.6 is 49.9 Å². The van der Waals surface area contributed by atoms with Crippen molar-refractivity contribution in [1.82, 2.24) is 0 Å². The molecule has 0 bridgehead atoms. The molecule has 1 aromatic carbocycles. The fourth-order valence-electron chi connectivity index (χ4n) is 1.59. The average molecular weight is 436 g/mol. The van der Waals surface area contributed by atoms with Gasteiger partial charge in [-0.1, -0.05) is 6.92 Å². The number of aryl methyl sites for hydroxylation is 1. The van der Waals surface area contributed by atoms with E-state index >= 15 is 0 Å². The molecule has 1 N–H and O–H groups in total. The van der Waals surface area contributed by atoms with Crippen molar-refractivity contribution in [3.05, 3.63) is 48.1 Å². The summed E-state index contributed by atoms with van der Waals surface area (Å²) in [4.78, 5) is 13.0. The monoisotopic (exact) mass is 435 g/mol. The lowest BCUT2D eigenvalue weighted by molar-refractivity contribution is 0.102. The number of carbonyl (C=O) groups excluding carboxylic acids is 1. The highest BCUT2D eigenvalue weighted by molar-refractivity contribution is 14.1. The third-order valence-corrected chi connectivity index (χ3v) is 4.83. The van der Waals surface area contributed by atoms with Gasteiger partial charge in [0.15, 0.2) is 0 Å². The predicted molar refractivity (Wildman–Crippen MR) is 88.5 cm³/mol. The first-order chi connectivity index (χ1) is 8.61. The van der Waals surface area contributed by atoms with Crippen LogP contribution in [0.25, 0.3) is 0 Å². The zero-order chi connectivity index (χ0) is 13.1. The lowest BCUT2D eigenvalue weighted by Crippen LogP contribution is -2.12. The molecule has 0 aliphatic heterocycles. The van der Waals surface area contributed by atoms with Crippen LogP contribution in [-0.2, 0) is 6.42 Å². The Hall–Kier alpha value is -0.400. The van der Waals surface area contributed by atoms with E-state index < -0.39 is 0 Å². The van der Waals surface area contributed by atoms with Crippen LogP contribution in [0.1, 0.15) is 22.2 Å². The molecule has 0 atom stereocenters. The number of thiophene rings is 1. The average Bonchev–Trinajstić information content (AvgIpc) is 2.82. The first-order valence-corrected chi connectivity index (χ1v) is 8.19. The van der Waals surface area contributed by atoms with Gasteiger partial charge >= 0.3 is 0 Å². The first-order valence-electron chi connectivity index (χ1n) is 5.44. The number of carbonyl (C=O) groups is 1. The second-order valence-corrected chi connectivity index (χ2v) is 6.72. The van der Waals surface area contributed by atoms with E-state index in [1.54, 1.807) is 0 Å². The Balaban J connectivity index is 2.24. The molecule has 0 fully saturated rings. The van der Waals surface area contributed by atoms with Gasteiger partial charge < -0.3 is 5.32 Å². The summed E-state index contributed by atoms with van der Waals surface area (Å²) in [5.74, 6) is -0.0375. The molecule has 0 spiro atoms. The quantitative estimate of drug-likeness (QED) is 0.680. The minimum absolute atomic E-state index is 0.0375. The molecule has 2 rings (SSSR count). The van der Waals surface area contributed by atoms with E-state index in [1.807, 2.05) is 29.6 Å². The molecule has 1 heterocycles. The molecule has 0 aliphatic rings. The fraction of sp³-hybridized carbons (Fsp3) is 0.154. The van der Waals surface area contributed by atoms with Gasteiger partial charge in [0.25, 0.3) is 5.91 Å². The summed E-state index contributed by atoms with van der Waals surface area (Å²) in [5.41, 5.74) is 1.90. The van der Waals surface area contributed by atoms with E-state index in [4.69, 9.17) is 0 Å². The maximum atomic E-state index is 12.2. The zero-order valence-electron chi connectivity index (χ0n) is 9.67. The Morgan fingerprint density at radius 3 is 2.94 bits per heavy atom. The van der Waals surface area contributed by atoms with Gasteiger partial charge in [0.2, 0.25) is 0 Å². The highest BCUT2D eigenvalue weighted by atomic mass is 127. The Morgan fingerprint density at radius 1 is 1.44 bits per heavy atom. The first kappa shape index (κ1) is 14.0. The van der Waals surface area contributed by atoms with Crippen molar-refractivity contribution < 1.29 is 4.79 Å². The van der Waals surface area contributed by atoms with Crippen molar-refractivity contribution in [3.63, 3.8) is 0 Å². The van der Waals surface area contributed by atoms with Crippen LogP contribution in [-0.4, -0.2) is 5.91 Å². The van der Waals surface area contributed by atoms with E-state index in [0.717, 1.165) is 30.6 Å². The highest BCUT2D eigenvalue weighted by Crippen LogP contribution is 2.26. The van der Waals surface area contributed by atoms with Gasteiger partial charge in [0, 0.05) is 8.04 Å². The van der Waals surface area contributed by atoms with Crippen molar-refractivity contribution in [3.8, 4) is 0 Å². The number of hydrogen-bond acceptors (Lipinski definition) is 2. The van der Waals surface area contributed by atoms with Crippen LogP contribution in [0.4, 0.5) is 5.69 Å². The molecule has 0 aliphatic carbocycles. The van der Waals surface area contributed by atoms with E-state index in [-0.39, 0.29) is 5.91 Å². The van der Waals surface area contributed by atoms with E-state index in [2.05, 4.69) is 50.8 Å². The Morgan fingerprint density at radius 2 is 2.22 bits per heavy atom. The fourth-order valence-corrected chi connectivity index (χ4v) is 3.31. The topological polar surface area (TPSA) is 29.1 Å². The minimum Gasteiger partial charge on any atom is -0.320 e. The second kappa shape index (κ2) is 6.16. The van der Waals surface area contributed by atoms with Crippen molar-refractivity contribution in [2.45, 2.75) is 13.3 Å². The summed E-state index contributed by atoms with van der Waals surface area (Å²) in [5, 5.41) is 4.90.